The summed E-state index contributed by atoms with van der Waals surface area (Å²) in [5.41, 5.74) is -0.311. The summed E-state index contributed by atoms with van der Waals surface area (Å²) in [5, 5.41) is 0. The van der Waals surface area contributed by atoms with Gasteiger partial charge in [0.15, 0.2) is 0 Å². The highest BCUT2D eigenvalue weighted by atomic mass is 16.5. The predicted octanol–water partition coefficient (Wildman–Crippen LogP) is 3.68. The molecule has 8 unspecified atom stereocenters. The molecule has 1 heterocycles. The molecular formula is C21H32O4. The Morgan fingerprint density at radius 1 is 1.12 bits per heavy atom. The lowest BCUT2D eigenvalue weighted by Crippen LogP contribution is -2.38. The second kappa shape index (κ2) is 5.99. The highest BCUT2D eigenvalue weighted by molar-refractivity contribution is 5.76. The Labute approximate surface area is 151 Å². The summed E-state index contributed by atoms with van der Waals surface area (Å²) in [6.07, 6.45) is 6.63. The second-order valence-corrected chi connectivity index (χ2v) is 9.60. The van der Waals surface area contributed by atoms with E-state index in [9.17, 15) is 9.59 Å². The number of carbonyl (C=O) groups is 2. The van der Waals surface area contributed by atoms with Gasteiger partial charge in [0.1, 0.15) is 0 Å². The van der Waals surface area contributed by atoms with Crippen LogP contribution in [0.5, 0.6) is 0 Å². The molecule has 4 heteroatoms. The van der Waals surface area contributed by atoms with Crippen LogP contribution in [0.4, 0.5) is 0 Å². The van der Waals surface area contributed by atoms with E-state index in [4.69, 9.17) is 4.74 Å². The number of cyclic esters (lactones) is 1. The Morgan fingerprint density at radius 3 is 2.32 bits per heavy atom. The summed E-state index contributed by atoms with van der Waals surface area (Å²) in [6.45, 7) is 6.47. The van der Waals surface area contributed by atoms with Gasteiger partial charge in [0.2, 0.25) is 0 Å². The van der Waals surface area contributed by atoms with Crippen LogP contribution in [0.15, 0.2) is 0 Å². The number of rotatable bonds is 2. The minimum absolute atomic E-state index is 0.134. The Balaban J connectivity index is 0.000000152. The van der Waals surface area contributed by atoms with Crippen LogP contribution in [0.1, 0.15) is 52.9 Å². The molecule has 0 aromatic heterocycles. The lowest BCUT2D eigenvalue weighted by Gasteiger charge is -2.38. The zero-order valence-corrected chi connectivity index (χ0v) is 16.0. The first-order valence-electron chi connectivity index (χ1n) is 10.1. The molecule has 1 saturated heterocycles. The van der Waals surface area contributed by atoms with E-state index >= 15 is 0 Å². The first-order valence-corrected chi connectivity index (χ1v) is 10.1. The fraction of sp³-hybridized carbons (Fsp3) is 0.905. The van der Waals surface area contributed by atoms with Crippen LogP contribution < -0.4 is 0 Å². The molecule has 4 nitrogen and oxygen atoms in total. The van der Waals surface area contributed by atoms with Crippen LogP contribution >= 0.6 is 0 Å². The Hall–Kier alpha value is -1.06. The standard InChI is InChI=1S/C14H18O2.C7H14O2/c15-14-13-9-4-8(10(13)5-16-14)11-6-1-2-7(3-6)12(9)11;1-5-7(2,3)6(8)9-4/h6-13H,1-5H2;5H2,1-4H3. The van der Waals surface area contributed by atoms with Crippen LogP contribution in [0, 0.1) is 52.8 Å². The number of methoxy groups -OCH3 is 1. The van der Waals surface area contributed by atoms with Gasteiger partial charge in [0, 0.05) is 5.92 Å². The van der Waals surface area contributed by atoms with Gasteiger partial charge in [-0.15, -0.1) is 0 Å². The molecule has 5 rings (SSSR count). The molecule has 25 heavy (non-hydrogen) atoms. The van der Waals surface area contributed by atoms with E-state index in [1.165, 1.54) is 32.8 Å². The van der Waals surface area contributed by atoms with Crippen molar-refractivity contribution in [3.63, 3.8) is 0 Å². The first kappa shape index (κ1) is 17.4. The van der Waals surface area contributed by atoms with Gasteiger partial charge in [0.25, 0.3) is 0 Å². The molecule has 4 aliphatic carbocycles. The average Bonchev–Trinajstić information content (AvgIpc) is 3.38. The number of hydrogen-bond acceptors (Lipinski definition) is 4. The van der Waals surface area contributed by atoms with E-state index in [0.717, 1.165) is 48.5 Å². The number of fused-ring (bicyclic) bond motifs is 12. The largest absolute Gasteiger partial charge is 0.469 e. The molecule has 5 aliphatic rings. The van der Waals surface area contributed by atoms with Crippen LogP contribution in [-0.2, 0) is 19.1 Å². The quantitative estimate of drug-likeness (QED) is 0.564. The average molecular weight is 348 g/mol. The van der Waals surface area contributed by atoms with Crippen molar-refractivity contribution >= 4 is 11.9 Å². The third kappa shape index (κ3) is 2.46. The van der Waals surface area contributed by atoms with Crippen molar-refractivity contribution in [2.45, 2.75) is 52.9 Å². The van der Waals surface area contributed by atoms with Gasteiger partial charge >= 0.3 is 11.9 Å². The van der Waals surface area contributed by atoms with Crippen molar-refractivity contribution < 1.29 is 19.1 Å². The highest BCUT2D eigenvalue weighted by Gasteiger charge is 2.68. The van der Waals surface area contributed by atoms with E-state index in [1.54, 1.807) is 0 Å². The molecule has 0 aromatic carbocycles. The summed E-state index contributed by atoms with van der Waals surface area (Å²) in [5.74, 6) is 6.50. The molecule has 5 fully saturated rings. The van der Waals surface area contributed by atoms with Gasteiger partial charge in [-0.3, -0.25) is 9.59 Å². The molecule has 0 aromatic rings. The van der Waals surface area contributed by atoms with Crippen molar-refractivity contribution in [2.24, 2.45) is 52.8 Å². The zero-order chi connectivity index (χ0) is 17.9. The van der Waals surface area contributed by atoms with E-state index < -0.39 is 0 Å². The first-order chi connectivity index (χ1) is 11.9. The summed E-state index contributed by atoms with van der Waals surface area (Å²) >= 11 is 0. The van der Waals surface area contributed by atoms with Crippen molar-refractivity contribution in [1.29, 1.82) is 0 Å². The highest BCUT2D eigenvalue weighted by Crippen LogP contribution is 2.71. The SMILES string of the molecule is CCC(C)(C)C(=O)OC.O=C1OCC2C3CC(C12)C1C2CCC(C2)C31. The van der Waals surface area contributed by atoms with Crippen molar-refractivity contribution in [3.8, 4) is 0 Å². The molecule has 0 radical (unpaired) electrons. The Bertz CT molecular complexity index is 568. The molecule has 4 saturated carbocycles. The van der Waals surface area contributed by atoms with E-state index in [0.29, 0.717) is 11.8 Å². The van der Waals surface area contributed by atoms with E-state index in [1.807, 2.05) is 20.8 Å². The summed E-state index contributed by atoms with van der Waals surface area (Å²) in [4.78, 5) is 22.7. The molecule has 1 aliphatic heterocycles. The van der Waals surface area contributed by atoms with Gasteiger partial charge in [0.05, 0.1) is 25.0 Å². The van der Waals surface area contributed by atoms with Crippen LogP contribution in [0.3, 0.4) is 0 Å². The Kier molecular flexibility index (Phi) is 4.16. The maximum absolute atomic E-state index is 11.8. The maximum atomic E-state index is 11.8. The Morgan fingerprint density at radius 2 is 1.76 bits per heavy atom. The molecular weight excluding hydrogens is 316 g/mol. The third-order valence-corrected chi connectivity index (χ3v) is 8.36. The second-order valence-electron chi connectivity index (χ2n) is 9.60. The minimum Gasteiger partial charge on any atom is -0.469 e. The predicted molar refractivity (Wildman–Crippen MR) is 93.4 cm³/mol. The van der Waals surface area contributed by atoms with Gasteiger partial charge < -0.3 is 9.47 Å². The van der Waals surface area contributed by atoms with Gasteiger partial charge in [-0.05, 0) is 81.5 Å². The summed E-state index contributed by atoms with van der Waals surface area (Å²) in [7, 11) is 1.42. The third-order valence-electron chi connectivity index (χ3n) is 8.36. The number of hydrogen-bond donors (Lipinski definition) is 0. The molecule has 0 spiro atoms. The van der Waals surface area contributed by atoms with Crippen molar-refractivity contribution in [2.75, 3.05) is 13.7 Å². The van der Waals surface area contributed by atoms with Gasteiger partial charge in [-0.25, -0.2) is 0 Å². The van der Waals surface area contributed by atoms with Crippen LogP contribution in [-0.4, -0.2) is 25.7 Å². The maximum Gasteiger partial charge on any atom is 0.311 e. The summed E-state index contributed by atoms with van der Waals surface area (Å²) < 4.78 is 9.88. The fourth-order valence-electron chi connectivity index (χ4n) is 6.98. The lowest BCUT2D eigenvalue weighted by molar-refractivity contribution is -0.150. The van der Waals surface area contributed by atoms with Crippen LogP contribution in [0.25, 0.3) is 0 Å². The topological polar surface area (TPSA) is 52.6 Å². The van der Waals surface area contributed by atoms with Gasteiger partial charge in [-0.2, -0.15) is 0 Å². The van der Waals surface area contributed by atoms with E-state index in [-0.39, 0.29) is 17.4 Å². The zero-order valence-electron chi connectivity index (χ0n) is 16.0. The molecule has 0 N–H and O–H groups in total. The molecule has 0 amide bonds. The fourth-order valence-corrected chi connectivity index (χ4v) is 6.98. The monoisotopic (exact) mass is 348 g/mol. The van der Waals surface area contributed by atoms with Gasteiger partial charge in [-0.1, -0.05) is 6.92 Å². The number of esters is 2. The number of ether oxygens (including phenoxy) is 2. The molecule has 4 bridgehead atoms. The van der Waals surface area contributed by atoms with Crippen molar-refractivity contribution in [3.05, 3.63) is 0 Å². The van der Waals surface area contributed by atoms with Crippen molar-refractivity contribution in [1.82, 2.24) is 0 Å². The molecule has 8 atom stereocenters. The minimum atomic E-state index is -0.311. The van der Waals surface area contributed by atoms with E-state index in [2.05, 4.69) is 4.74 Å². The number of carbonyl (C=O) groups excluding carboxylic acids is 2. The summed E-state index contributed by atoms with van der Waals surface area (Å²) in [6, 6.07) is 0. The molecule has 140 valence electrons. The lowest BCUT2D eigenvalue weighted by atomic mass is 9.64. The normalized spacial score (nSPS) is 45.5. The smallest absolute Gasteiger partial charge is 0.311 e. The van der Waals surface area contributed by atoms with Crippen LogP contribution in [0.2, 0.25) is 0 Å².